The number of carboxylic acid groups (broad SMARTS) is 1. The molecule has 10 heteroatoms. The fourth-order valence-corrected chi connectivity index (χ4v) is 16.5. The van der Waals surface area contributed by atoms with Gasteiger partial charge in [0, 0.05) is 36.6 Å². The molecular weight excluding hydrogens is 729 g/mol. The van der Waals surface area contributed by atoms with Crippen LogP contribution in [-0.2, 0) is 24.2 Å². The molecule has 0 bridgehead atoms. The van der Waals surface area contributed by atoms with E-state index >= 15 is 0 Å². The zero-order valence-electron chi connectivity index (χ0n) is 35.9. The molecule has 314 valence electrons. The van der Waals surface area contributed by atoms with Crippen molar-refractivity contribution >= 4 is 33.5 Å². The summed E-state index contributed by atoms with van der Waals surface area (Å²) < 4.78 is 31.0. The summed E-state index contributed by atoms with van der Waals surface area (Å²) in [5, 5.41) is 13.7. The zero-order chi connectivity index (χ0) is 40.4. The van der Waals surface area contributed by atoms with Gasteiger partial charge in [0.05, 0.1) is 24.3 Å². The van der Waals surface area contributed by atoms with Crippen molar-refractivity contribution < 1.29 is 27.9 Å². The number of nitrogens with zero attached hydrogens (tertiary/aromatic N) is 1. The van der Waals surface area contributed by atoms with Crippen molar-refractivity contribution in [2.24, 2.45) is 56.7 Å². The molecule has 1 heterocycles. The summed E-state index contributed by atoms with van der Waals surface area (Å²) in [6.07, 6.45) is 14.8. The van der Waals surface area contributed by atoms with Gasteiger partial charge < -0.3 is 15.2 Å². The van der Waals surface area contributed by atoms with Gasteiger partial charge in [-0.3, -0.25) is 14.5 Å². The van der Waals surface area contributed by atoms with E-state index < -0.39 is 21.2 Å². The number of hydrogen-bond donors (Lipinski definition) is 2. The average Bonchev–Trinajstić information content (AvgIpc) is 3.46. The molecule has 6 rings (SSSR count). The van der Waals surface area contributed by atoms with E-state index in [2.05, 4.69) is 64.6 Å². The molecule has 11 atom stereocenters. The maximum absolute atomic E-state index is 13.3. The molecular formula is C45H76N2O6S2. The number of hydrogen-bond acceptors (Lipinski definition) is 8. The lowest BCUT2D eigenvalue weighted by Crippen LogP contribution is -2.69. The van der Waals surface area contributed by atoms with Gasteiger partial charge in [-0.25, -0.2) is 8.42 Å². The van der Waals surface area contributed by atoms with Gasteiger partial charge in [0.2, 0.25) is 0 Å². The highest BCUT2D eigenvalue weighted by atomic mass is 32.2. The number of esters is 1. The molecule has 0 aromatic carbocycles. The molecule has 1 aliphatic heterocycles. The number of thioether (sulfide) groups is 1. The first-order valence-corrected chi connectivity index (χ1v) is 25.0. The van der Waals surface area contributed by atoms with Crippen LogP contribution in [0.3, 0.4) is 0 Å². The maximum Gasteiger partial charge on any atom is 0.306 e. The molecule has 55 heavy (non-hydrogen) atoms. The topological polar surface area (TPSA) is 113 Å². The van der Waals surface area contributed by atoms with Gasteiger partial charge in [-0.1, -0.05) is 60.6 Å². The van der Waals surface area contributed by atoms with Crippen LogP contribution in [0.15, 0.2) is 12.2 Å². The predicted molar refractivity (Wildman–Crippen MR) is 225 cm³/mol. The molecule has 0 radical (unpaired) electrons. The summed E-state index contributed by atoms with van der Waals surface area (Å²) >= 11 is 1.89. The van der Waals surface area contributed by atoms with Crippen LogP contribution in [0, 0.1) is 56.7 Å². The zero-order valence-corrected chi connectivity index (χ0v) is 37.6. The molecule has 0 unspecified atom stereocenters. The van der Waals surface area contributed by atoms with Crippen LogP contribution in [0.25, 0.3) is 0 Å². The molecule has 6 aliphatic rings. The largest absolute Gasteiger partial charge is 0.481 e. The summed E-state index contributed by atoms with van der Waals surface area (Å²) in [7, 11) is -2.92. The van der Waals surface area contributed by atoms with Crippen LogP contribution in [0.2, 0.25) is 0 Å². The first-order chi connectivity index (χ1) is 25.5. The SMILES string of the molecule is C=C(C)[C@@H]1CC[C@]2(NC[C@H](CCSC)N3CCS(=O)(=O)CC3)CC[C@]3(C)[C@H](CC[C@@H]4[C@@]5(C)CC[C@H](OC(=O)CC(C)(C)CC(=O)O)C(C)(C)[C@@H]5CC[C@]43C)[C@@H]12. The van der Waals surface area contributed by atoms with Gasteiger partial charge in [-0.15, -0.1) is 0 Å². The van der Waals surface area contributed by atoms with Gasteiger partial charge in [0.25, 0.3) is 0 Å². The number of carboxylic acids is 1. The Balaban J connectivity index is 1.21. The molecule has 5 saturated carbocycles. The monoisotopic (exact) mass is 805 g/mol. The van der Waals surface area contributed by atoms with E-state index in [-0.39, 0.29) is 63.6 Å². The minimum atomic E-state index is -2.92. The summed E-state index contributed by atoms with van der Waals surface area (Å²) in [4.78, 5) is 27.2. The van der Waals surface area contributed by atoms with E-state index in [0.29, 0.717) is 48.7 Å². The Morgan fingerprint density at radius 1 is 0.927 bits per heavy atom. The third kappa shape index (κ3) is 7.88. The van der Waals surface area contributed by atoms with Crippen LogP contribution in [0.4, 0.5) is 0 Å². The molecule has 6 fully saturated rings. The Hall–Kier alpha value is -1.10. The number of fused-ring (bicyclic) bond motifs is 7. The van der Waals surface area contributed by atoms with E-state index in [1.54, 1.807) is 0 Å². The Labute approximate surface area is 338 Å². The van der Waals surface area contributed by atoms with E-state index in [9.17, 15) is 23.1 Å². The van der Waals surface area contributed by atoms with Gasteiger partial charge in [0.15, 0.2) is 9.84 Å². The number of rotatable bonds is 13. The van der Waals surface area contributed by atoms with E-state index in [1.807, 2.05) is 25.6 Å². The van der Waals surface area contributed by atoms with Crippen LogP contribution >= 0.6 is 11.8 Å². The van der Waals surface area contributed by atoms with Crippen molar-refractivity contribution in [1.82, 2.24) is 10.2 Å². The first-order valence-electron chi connectivity index (χ1n) is 21.8. The highest BCUT2D eigenvalue weighted by Gasteiger charge is 2.71. The van der Waals surface area contributed by atoms with Crippen LogP contribution in [0.1, 0.15) is 139 Å². The number of sulfone groups is 1. The van der Waals surface area contributed by atoms with Crippen LogP contribution in [0.5, 0.6) is 0 Å². The average molecular weight is 805 g/mol. The molecule has 0 spiro atoms. The van der Waals surface area contributed by atoms with E-state index in [1.165, 1.54) is 50.5 Å². The lowest BCUT2D eigenvalue weighted by molar-refractivity contribution is -0.246. The van der Waals surface area contributed by atoms with Crippen molar-refractivity contribution in [2.45, 2.75) is 157 Å². The fraction of sp³-hybridized carbons (Fsp3) is 0.911. The number of allylic oxidation sites excluding steroid dienone is 1. The van der Waals surface area contributed by atoms with Gasteiger partial charge in [0.1, 0.15) is 6.10 Å². The minimum absolute atomic E-state index is 0.0480. The Bertz CT molecular complexity index is 1570. The number of nitrogens with one attached hydrogen (secondary N) is 1. The van der Waals surface area contributed by atoms with Gasteiger partial charge in [-0.2, -0.15) is 11.8 Å². The Morgan fingerprint density at radius 3 is 2.25 bits per heavy atom. The molecule has 8 nitrogen and oxygen atoms in total. The Morgan fingerprint density at radius 2 is 1.62 bits per heavy atom. The molecule has 0 aromatic rings. The molecule has 2 N–H and O–H groups in total. The quantitative estimate of drug-likeness (QED) is 0.140. The molecule has 1 saturated heterocycles. The number of carbonyl (C=O) groups excluding carboxylic acids is 1. The molecule has 0 aromatic heterocycles. The van der Waals surface area contributed by atoms with Crippen LogP contribution < -0.4 is 5.32 Å². The van der Waals surface area contributed by atoms with E-state index in [0.717, 1.165) is 38.0 Å². The number of ether oxygens (including phenoxy) is 1. The van der Waals surface area contributed by atoms with Crippen LogP contribution in [-0.4, -0.2) is 91.2 Å². The van der Waals surface area contributed by atoms with Gasteiger partial charge in [-0.05, 0) is 141 Å². The van der Waals surface area contributed by atoms with Crippen molar-refractivity contribution in [2.75, 3.05) is 43.1 Å². The van der Waals surface area contributed by atoms with Crippen molar-refractivity contribution in [3.05, 3.63) is 12.2 Å². The third-order valence-corrected chi connectivity index (χ3v) is 20.0. The highest BCUT2D eigenvalue weighted by molar-refractivity contribution is 7.98. The first kappa shape index (κ1) is 43.5. The van der Waals surface area contributed by atoms with E-state index in [4.69, 9.17) is 4.74 Å². The summed E-state index contributed by atoms with van der Waals surface area (Å²) in [5.74, 6) is 3.30. The second kappa shape index (κ2) is 15.5. The third-order valence-electron chi connectivity index (χ3n) is 17.8. The molecule has 5 aliphatic carbocycles. The smallest absolute Gasteiger partial charge is 0.306 e. The summed E-state index contributed by atoms with van der Waals surface area (Å²) in [5.41, 5.74) is 1.25. The minimum Gasteiger partial charge on any atom is -0.481 e. The summed E-state index contributed by atoms with van der Waals surface area (Å²) in [6, 6.07) is 0.354. The second-order valence-electron chi connectivity index (χ2n) is 21.6. The van der Waals surface area contributed by atoms with Crippen molar-refractivity contribution in [1.29, 1.82) is 0 Å². The predicted octanol–water partition coefficient (Wildman–Crippen LogP) is 8.64. The Kier molecular flexibility index (Phi) is 12.2. The van der Waals surface area contributed by atoms with Gasteiger partial charge >= 0.3 is 11.9 Å². The number of aliphatic carboxylic acids is 1. The lowest BCUT2D eigenvalue weighted by Gasteiger charge is -2.73. The second-order valence-corrected chi connectivity index (χ2v) is 24.9. The molecule has 0 amide bonds. The lowest BCUT2D eigenvalue weighted by atomic mass is 9.32. The highest BCUT2D eigenvalue weighted by Crippen LogP contribution is 2.76. The number of carbonyl (C=O) groups is 2. The standard InChI is InChI=1S/C45H76N2O6S2/c1-30(2)32-13-19-45(46-29-31(16-24-54-10)47-22-25-55(51,52)26-23-47)21-20-43(8)33(39(32)45)11-12-35-42(7)17-15-36(41(5,6)34(42)14-18-44(35,43)9)53-38(50)28-40(3,4)27-37(48)49/h31-36,39,46H,1,11-29H2,2-10H3,(H,48,49)/t31-,32-,33+,34-,35+,36-,39+,42-,43+,44+,45-/m0/s1. The van der Waals surface area contributed by atoms with Crippen molar-refractivity contribution in [3.8, 4) is 0 Å². The summed E-state index contributed by atoms with van der Waals surface area (Å²) in [6.45, 7) is 25.5. The van der Waals surface area contributed by atoms with Crippen molar-refractivity contribution in [3.63, 3.8) is 0 Å². The fourth-order valence-electron chi connectivity index (χ4n) is 14.8. The normalized spacial score (nSPS) is 41.5. The maximum atomic E-state index is 13.3.